The van der Waals surface area contributed by atoms with E-state index in [-0.39, 0.29) is 0 Å². The van der Waals surface area contributed by atoms with Gasteiger partial charge in [-0.05, 0) is 42.3 Å². The minimum Gasteiger partial charge on any atom is -0.497 e. The van der Waals surface area contributed by atoms with Crippen LogP contribution in [-0.4, -0.2) is 18.7 Å². The van der Waals surface area contributed by atoms with Gasteiger partial charge in [-0.25, -0.2) is 0 Å². The summed E-state index contributed by atoms with van der Waals surface area (Å²) in [5.74, 6) is 1.89. The molecule has 30 heavy (non-hydrogen) atoms. The van der Waals surface area contributed by atoms with Crippen LogP contribution in [0.5, 0.6) is 17.2 Å². The Bertz CT molecular complexity index is 995. The lowest BCUT2D eigenvalue weighted by Gasteiger charge is -2.16. The highest BCUT2D eigenvalue weighted by Gasteiger charge is 2.15. The van der Waals surface area contributed by atoms with Crippen LogP contribution in [0.25, 0.3) is 0 Å². The third-order valence-corrected chi connectivity index (χ3v) is 5.05. The van der Waals surface area contributed by atoms with E-state index in [0.717, 1.165) is 22.4 Å². The molecule has 3 aromatic rings. The van der Waals surface area contributed by atoms with Gasteiger partial charge in [0.05, 0.1) is 18.7 Å². The molecule has 0 heterocycles. The third kappa shape index (κ3) is 5.88. The zero-order valence-corrected chi connectivity index (χ0v) is 18.6. The van der Waals surface area contributed by atoms with E-state index >= 15 is 0 Å². The second-order valence-electron chi connectivity index (χ2n) is 6.53. The van der Waals surface area contributed by atoms with Gasteiger partial charge < -0.3 is 19.5 Å². The number of halogens is 1. The molecule has 0 aliphatic carbocycles. The first-order valence-electron chi connectivity index (χ1n) is 9.65. The summed E-state index contributed by atoms with van der Waals surface area (Å²) in [4.78, 5) is 0.579. The molecule has 0 fully saturated rings. The van der Waals surface area contributed by atoms with Crippen molar-refractivity contribution in [1.82, 2.24) is 5.32 Å². The van der Waals surface area contributed by atoms with Crippen LogP contribution in [0.3, 0.4) is 0 Å². The van der Waals surface area contributed by atoms with Crippen LogP contribution >= 0.6 is 23.8 Å². The zero-order chi connectivity index (χ0) is 21.3. The van der Waals surface area contributed by atoms with E-state index < -0.39 is 0 Å². The molecule has 0 aliphatic rings. The maximum atomic E-state index is 6.53. The lowest BCUT2D eigenvalue weighted by Crippen LogP contribution is -2.22. The van der Waals surface area contributed by atoms with E-state index in [1.165, 1.54) is 0 Å². The van der Waals surface area contributed by atoms with Gasteiger partial charge in [-0.3, -0.25) is 0 Å². The van der Waals surface area contributed by atoms with E-state index in [4.69, 9.17) is 38.0 Å². The Morgan fingerprint density at radius 2 is 1.73 bits per heavy atom. The highest BCUT2D eigenvalue weighted by atomic mass is 35.5. The Morgan fingerprint density at radius 1 is 0.967 bits per heavy atom. The van der Waals surface area contributed by atoms with Crippen molar-refractivity contribution in [2.75, 3.05) is 13.7 Å². The Labute approximate surface area is 187 Å². The Balaban J connectivity index is 1.73. The van der Waals surface area contributed by atoms with Crippen molar-refractivity contribution in [3.8, 4) is 17.2 Å². The summed E-state index contributed by atoms with van der Waals surface area (Å²) in [6.45, 7) is 3.38. The van der Waals surface area contributed by atoms with Gasteiger partial charge in [-0.1, -0.05) is 66.3 Å². The number of nitrogens with one attached hydrogen (secondary N) is 1. The number of hydrogen-bond acceptors (Lipinski definition) is 4. The largest absolute Gasteiger partial charge is 0.497 e. The van der Waals surface area contributed by atoms with Crippen molar-refractivity contribution in [2.24, 2.45) is 0 Å². The molecular formula is C24H24ClNO3S. The first-order chi connectivity index (χ1) is 14.6. The van der Waals surface area contributed by atoms with E-state index in [2.05, 4.69) is 5.32 Å². The molecule has 3 rings (SSSR count). The van der Waals surface area contributed by atoms with Crippen LogP contribution in [0.4, 0.5) is 0 Å². The normalized spacial score (nSPS) is 10.4. The molecule has 0 radical (unpaired) electrons. The lowest BCUT2D eigenvalue weighted by molar-refractivity contribution is 0.269. The van der Waals surface area contributed by atoms with Gasteiger partial charge in [0.25, 0.3) is 0 Å². The maximum absolute atomic E-state index is 6.53. The maximum Gasteiger partial charge on any atom is 0.180 e. The average Bonchev–Trinajstić information content (AvgIpc) is 2.77. The summed E-state index contributed by atoms with van der Waals surface area (Å²) < 4.78 is 17.0. The smallest absolute Gasteiger partial charge is 0.180 e. The molecule has 0 aromatic heterocycles. The Kier molecular flexibility index (Phi) is 7.94. The van der Waals surface area contributed by atoms with E-state index in [1.807, 2.05) is 67.6 Å². The molecular weight excluding hydrogens is 418 g/mol. The molecule has 0 saturated heterocycles. The number of thiocarbonyl (C=S) groups is 1. The first-order valence-corrected chi connectivity index (χ1v) is 10.4. The summed E-state index contributed by atoms with van der Waals surface area (Å²) in [7, 11) is 1.65. The molecule has 0 aliphatic heterocycles. The molecule has 0 amide bonds. The van der Waals surface area contributed by atoms with Crippen molar-refractivity contribution >= 4 is 28.8 Å². The van der Waals surface area contributed by atoms with Crippen LogP contribution < -0.4 is 19.5 Å². The summed E-state index contributed by atoms with van der Waals surface area (Å²) in [5, 5.41) is 3.72. The van der Waals surface area contributed by atoms with Crippen LogP contribution in [0.2, 0.25) is 5.02 Å². The van der Waals surface area contributed by atoms with Gasteiger partial charge in [-0.15, -0.1) is 0 Å². The van der Waals surface area contributed by atoms with Gasteiger partial charge in [0.15, 0.2) is 11.5 Å². The molecule has 6 heteroatoms. The second-order valence-corrected chi connectivity index (χ2v) is 7.34. The number of rotatable bonds is 9. The van der Waals surface area contributed by atoms with Gasteiger partial charge in [0.1, 0.15) is 17.3 Å². The second kappa shape index (κ2) is 10.9. The fourth-order valence-electron chi connectivity index (χ4n) is 2.90. The van der Waals surface area contributed by atoms with Crippen LogP contribution in [0, 0.1) is 0 Å². The van der Waals surface area contributed by atoms with Gasteiger partial charge in [-0.2, -0.15) is 0 Å². The highest BCUT2D eigenvalue weighted by Crippen LogP contribution is 2.37. The van der Waals surface area contributed by atoms with E-state index in [9.17, 15) is 0 Å². The third-order valence-electron chi connectivity index (χ3n) is 4.38. The predicted octanol–water partition coefficient (Wildman–Crippen LogP) is 5.79. The quantitative estimate of drug-likeness (QED) is 0.425. The monoisotopic (exact) mass is 441 g/mol. The fourth-order valence-corrected chi connectivity index (χ4v) is 3.35. The minimum atomic E-state index is 0.401. The van der Waals surface area contributed by atoms with Crippen molar-refractivity contribution in [3.63, 3.8) is 0 Å². The van der Waals surface area contributed by atoms with Crippen LogP contribution in [0.1, 0.15) is 23.6 Å². The molecule has 4 nitrogen and oxygen atoms in total. The van der Waals surface area contributed by atoms with Crippen molar-refractivity contribution in [3.05, 3.63) is 88.4 Å². The average molecular weight is 442 g/mol. The van der Waals surface area contributed by atoms with Crippen molar-refractivity contribution in [1.29, 1.82) is 0 Å². The summed E-state index contributed by atoms with van der Waals surface area (Å²) in [6.07, 6.45) is 0. The van der Waals surface area contributed by atoms with Gasteiger partial charge in [0, 0.05) is 12.1 Å². The molecule has 0 unspecified atom stereocenters. The Morgan fingerprint density at radius 3 is 2.47 bits per heavy atom. The van der Waals surface area contributed by atoms with E-state index in [0.29, 0.717) is 41.3 Å². The highest BCUT2D eigenvalue weighted by molar-refractivity contribution is 7.80. The fraction of sp³-hybridized carbons (Fsp3) is 0.208. The molecule has 0 spiro atoms. The molecule has 1 N–H and O–H groups in total. The summed E-state index contributed by atoms with van der Waals surface area (Å²) in [6, 6.07) is 21.4. The van der Waals surface area contributed by atoms with Gasteiger partial charge >= 0.3 is 0 Å². The Hall–Kier alpha value is -2.76. The van der Waals surface area contributed by atoms with E-state index in [1.54, 1.807) is 13.2 Å². The molecule has 0 bridgehead atoms. The topological polar surface area (TPSA) is 39.7 Å². The predicted molar refractivity (Wildman–Crippen MR) is 125 cm³/mol. The van der Waals surface area contributed by atoms with Crippen molar-refractivity contribution < 1.29 is 14.2 Å². The van der Waals surface area contributed by atoms with Crippen LogP contribution in [0.15, 0.2) is 66.7 Å². The lowest BCUT2D eigenvalue weighted by atomic mass is 10.1. The van der Waals surface area contributed by atoms with Crippen molar-refractivity contribution in [2.45, 2.75) is 20.1 Å². The first kappa shape index (κ1) is 21.9. The van der Waals surface area contributed by atoms with Gasteiger partial charge in [0.2, 0.25) is 0 Å². The standard InChI is InChI=1S/C24H24ClNO3S/c1-3-28-22-14-19(24(30)26-15-18-10-7-11-20(12-18)27-2)13-21(25)23(22)29-16-17-8-5-4-6-9-17/h4-14H,3,15-16H2,1-2H3,(H,26,30). The number of benzene rings is 3. The number of methoxy groups -OCH3 is 1. The zero-order valence-electron chi connectivity index (χ0n) is 17.0. The molecule has 156 valence electrons. The summed E-state index contributed by atoms with van der Waals surface area (Å²) in [5.41, 5.74) is 2.89. The summed E-state index contributed by atoms with van der Waals surface area (Å²) >= 11 is 12.1. The number of ether oxygens (including phenoxy) is 3. The van der Waals surface area contributed by atoms with Crippen LogP contribution in [-0.2, 0) is 13.2 Å². The minimum absolute atomic E-state index is 0.401. The molecule has 3 aromatic carbocycles. The number of hydrogen-bond donors (Lipinski definition) is 1. The SMILES string of the molecule is CCOc1cc(C(=S)NCc2cccc(OC)c2)cc(Cl)c1OCc1ccccc1. The molecule has 0 saturated carbocycles. The molecule has 0 atom stereocenters.